The van der Waals surface area contributed by atoms with Gasteiger partial charge >= 0.3 is 6.18 Å². The number of halogens is 4. The van der Waals surface area contributed by atoms with Crippen LogP contribution in [0.5, 0.6) is 0 Å². The van der Waals surface area contributed by atoms with Crippen molar-refractivity contribution in [3.8, 4) is 11.3 Å². The molecule has 0 bridgehead atoms. The van der Waals surface area contributed by atoms with Crippen LogP contribution in [-0.4, -0.2) is 30.1 Å². The summed E-state index contributed by atoms with van der Waals surface area (Å²) in [4.78, 5) is 0. The average Bonchev–Trinajstić information content (AvgIpc) is 3.05. The van der Waals surface area contributed by atoms with Crippen molar-refractivity contribution in [2.45, 2.75) is 32.1 Å². The van der Waals surface area contributed by atoms with E-state index < -0.39 is 27.5 Å². The van der Waals surface area contributed by atoms with Crippen LogP contribution < -0.4 is 10.0 Å². The lowest BCUT2D eigenvalue weighted by Gasteiger charge is -2.27. The highest BCUT2D eigenvalue weighted by Crippen LogP contribution is 2.28. The Bertz CT molecular complexity index is 1220. The minimum absolute atomic E-state index is 0.329. The molecule has 2 aromatic carbocycles. The summed E-state index contributed by atoms with van der Waals surface area (Å²) in [6, 6.07) is 14.6. The van der Waals surface area contributed by atoms with Gasteiger partial charge in [0.1, 0.15) is 5.82 Å². The SMILES string of the molecule is Cn1nc(CNc2ccc(F)cc2)cc1-c1cccc(C(C)(C)NS(=O)(=O)CC(F)(F)F)c1. The van der Waals surface area contributed by atoms with Crippen LogP contribution in [0.1, 0.15) is 25.1 Å². The van der Waals surface area contributed by atoms with Crippen LogP contribution in [0.2, 0.25) is 0 Å². The van der Waals surface area contributed by atoms with E-state index in [-0.39, 0.29) is 5.82 Å². The monoisotopic (exact) mass is 484 g/mol. The average molecular weight is 485 g/mol. The van der Waals surface area contributed by atoms with Crippen molar-refractivity contribution in [2.75, 3.05) is 11.1 Å². The van der Waals surface area contributed by atoms with E-state index in [9.17, 15) is 26.0 Å². The second kappa shape index (κ2) is 9.14. The van der Waals surface area contributed by atoms with E-state index >= 15 is 0 Å². The van der Waals surface area contributed by atoms with E-state index in [1.165, 1.54) is 26.0 Å². The van der Waals surface area contributed by atoms with Gasteiger partial charge in [0.2, 0.25) is 10.0 Å². The Morgan fingerprint density at radius 2 is 1.70 bits per heavy atom. The van der Waals surface area contributed by atoms with Gasteiger partial charge in [0, 0.05) is 18.3 Å². The first-order valence-electron chi connectivity index (χ1n) is 9.96. The Kier molecular flexibility index (Phi) is 6.85. The molecular formula is C22H24F4N4O2S. The quantitative estimate of drug-likeness (QED) is 0.460. The summed E-state index contributed by atoms with van der Waals surface area (Å²) in [5, 5.41) is 7.60. The first-order valence-corrected chi connectivity index (χ1v) is 11.6. The van der Waals surface area contributed by atoms with Crippen molar-refractivity contribution in [1.82, 2.24) is 14.5 Å². The van der Waals surface area contributed by atoms with E-state index in [2.05, 4.69) is 15.1 Å². The molecular weight excluding hydrogens is 460 g/mol. The lowest BCUT2D eigenvalue weighted by atomic mass is 9.93. The summed E-state index contributed by atoms with van der Waals surface area (Å²) < 4.78 is 78.6. The summed E-state index contributed by atoms with van der Waals surface area (Å²) in [7, 11) is -2.84. The zero-order chi connectivity index (χ0) is 24.4. The summed E-state index contributed by atoms with van der Waals surface area (Å²) >= 11 is 0. The minimum atomic E-state index is -4.84. The van der Waals surface area contributed by atoms with Crippen LogP contribution >= 0.6 is 0 Å². The largest absolute Gasteiger partial charge is 0.404 e. The Balaban J connectivity index is 1.79. The fourth-order valence-electron chi connectivity index (χ4n) is 3.41. The van der Waals surface area contributed by atoms with Crippen LogP contribution in [0.4, 0.5) is 23.2 Å². The van der Waals surface area contributed by atoms with Gasteiger partial charge in [-0.3, -0.25) is 4.68 Å². The van der Waals surface area contributed by atoms with E-state index in [0.717, 1.165) is 16.9 Å². The number of hydrogen-bond donors (Lipinski definition) is 2. The second-order valence-electron chi connectivity index (χ2n) is 8.19. The van der Waals surface area contributed by atoms with Crippen molar-refractivity contribution in [2.24, 2.45) is 7.05 Å². The third-order valence-corrected chi connectivity index (χ3v) is 6.42. The number of alkyl halides is 3. The van der Waals surface area contributed by atoms with Gasteiger partial charge in [-0.2, -0.15) is 18.3 Å². The molecule has 0 amide bonds. The van der Waals surface area contributed by atoms with E-state index in [0.29, 0.717) is 17.8 Å². The summed E-state index contributed by atoms with van der Waals surface area (Å²) in [6.07, 6.45) is -4.84. The molecule has 33 heavy (non-hydrogen) atoms. The Hall–Kier alpha value is -2.92. The third kappa shape index (κ3) is 6.78. The van der Waals surface area contributed by atoms with Gasteiger partial charge in [0.15, 0.2) is 5.75 Å². The predicted molar refractivity (Wildman–Crippen MR) is 118 cm³/mol. The van der Waals surface area contributed by atoms with Crippen molar-refractivity contribution in [3.05, 3.63) is 71.7 Å². The molecule has 0 spiro atoms. The highest BCUT2D eigenvalue weighted by atomic mass is 32.2. The van der Waals surface area contributed by atoms with E-state index in [1.54, 1.807) is 48.1 Å². The Morgan fingerprint density at radius 1 is 1.03 bits per heavy atom. The number of nitrogens with zero attached hydrogens (tertiary/aromatic N) is 2. The second-order valence-corrected chi connectivity index (χ2v) is 9.91. The zero-order valence-corrected chi connectivity index (χ0v) is 19.1. The molecule has 1 aromatic heterocycles. The lowest BCUT2D eigenvalue weighted by Crippen LogP contribution is -2.44. The Labute approximate surface area is 189 Å². The molecule has 11 heteroatoms. The number of benzene rings is 2. The normalized spacial score (nSPS) is 12.7. The van der Waals surface area contributed by atoms with Gasteiger partial charge in [-0.1, -0.05) is 18.2 Å². The molecule has 3 aromatic rings. The van der Waals surface area contributed by atoms with Crippen molar-refractivity contribution in [3.63, 3.8) is 0 Å². The molecule has 0 atom stereocenters. The highest BCUT2D eigenvalue weighted by molar-refractivity contribution is 7.89. The van der Waals surface area contributed by atoms with Crippen LogP contribution in [0, 0.1) is 5.82 Å². The van der Waals surface area contributed by atoms with Gasteiger partial charge in [0.25, 0.3) is 0 Å². The first-order chi connectivity index (χ1) is 15.2. The maximum atomic E-state index is 13.0. The van der Waals surface area contributed by atoms with Crippen LogP contribution in [0.3, 0.4) is 0 Å². The van der Waals surface area contributed by atoms with Crippen LogP contribution in [0.25, 0.3) is 11.3 Å². The first kappa shape index (κ1) is 24.7. The number of rotatable bonds is 8. The molecule has 0 fully saturated rings. The maximum absolute atomic E-state index is 13.0. The number of anilines is 1. The molecule has 178 valence electrons. The summed E-state index contributed by atoms with van der Waals surface area (Å²) in [5.41, 5.74) is 2.13. The molecule has 3 rings (SSSR count). The summed E-state index contributed by atoms with van der Waals surface area (Å²) in [6.45, 7) is 3.39. The number of sulfonamides is 1. The topological polar surface area (TPSA) is 76.0 Å². The fraction of sp³-hybridized carbons (Fsp3) is 0.318. The fourth-order valence-corrected chi connectivity index (χ4v) is 4.81. The third-order valence-electron chi connectivity index (χ3n) is 4.89. The maximum Gasteiger partial charge on any atom is 0.404 e. The molecule has 0 aliphatic rings. The van der Waals surface area contributed by atoms with Crippen LogP contribution in [0.15, 0.2) is 54.6 Å². The molecule has 6 nitrogen and oxygen atoms in total. The van der Waals surface area contributed by atoms with Gasteiger partial charge in [-0.25, -0.2) is 17.5 Å². The van der Waals surface area contributed by atoms with Gasteiger partial charge in [-0.05, 0) is 55.8 Å². The number of aromatic nitrogens is 2. The zero-order valence-electron chi connectivity index (χ0n) is 18.2. The highest BCUT2D eigenvalue weighted by Gasteiger charge is 2.38. The van der Waals surface area contributed by atoms with Gasteiger partial charge < -0.3 is 5.32 Å². The lowest BCUT2D eigenvalue weighted by molar-refractivity contribution is -0.106. The van der Waals surface area contributed by atoms with Gasteiger partial charge in [0.05, 0.1) is 23.5 Å². The molecule has 2 N–H and O–H groups in total. The predicted octanol–water partition coefficient (Wildman–Crippen LogP) is 4.56. The Morgan fingerprint density at radius 3 is 2.33 bits per heavy atom. The van der Waals surface area contributed by atoms with Gasteiger partial charge in [-0.15, -0.1) is 0 Å². The smallest absolute Gasteiger partial charge is 0.379 e. The minimum Gasteiger partial charge on any atom is -0.379 e. The molecule has 0 saturated heterocycles. The van der Waals surface area contributed by atoms with Crippen molar-refractivity contribution < 1.29 is 26.0 Å². The van der Waals surface area contributed by atoms with Crippen molar-refractivity contribution in [1.29, 1.82) is 0 Å². The van der Waals surface area contributed by atoms with E-state index in [1.807, 2.05) is 6.07 Å². The molecule has 0 aliphatic heterocycles. The number of aryl methyl sites for hydroxylation is 1. The molecule has 1 heterocycles. The molecule has 0 saturated carbocycles. The standard InChI is InChI=1S/C22H24F4N4O2S/c1-21(2,29-33(31,32)14-22(24,25)26)16-6-4-5-15(11-16)20-12-19(28-30(20)3)13-27-18-9-7-17(23)8-10-18/h4-12,27,29H,13-14H2,1-3H3. The molecule has 0 unspecified atom stereocenters. The molecule has 0 radical (unpaired) electrons. The van der Waals surface area contributed by atoms with E-state index in [4.69, 9.17) is 0 Å². The van der Waals surface area contributed by atoms with Crippen molar-refractivity contribution >= 4 is 15.7 Å². The number of hydrogen-bond acceptors (Lipinski definition) is 4. The van der Waals surface area contributed by atoms with Crippen LogP contribution in [-0.2, 0) is 29.2 Å². The number of nitrogens with one attached hydrogen (secondary N) is 2. The molecule has 0 aliphatic carbocycles. The summed E-state index contributed by atoms with van der Waals surface area (Å²) in [5.74, 6) is -2.28.